The lowest BCUT2D eigenvalue weighted by molar-refractivity contribution is -0.141. The molecule has 2 rings (SSSR count). The molecule has 0 aliphatic heterocycles. The smallest absolute Gasteiger partial charge is 0.307 e. The summed E-state index contributed by atoms with van der Waals surface area (Å²) in [5.74, 6) is 0.412. The predicted octanol–water partition coefficient (Wildman–Crippen LogP) is 2.83. The van der Waals surface area contributed by atoms with E-state index in [4.69, 9.17) is 10.5 Å². The number of ether oxygens (including phenoxy) is 2. The van der Waals surface area contributed by atoms with Crippen LogP contribution in [0.15, 0.2) is 54.6 Å². The molecule has 1 atom stereocenters. The molecule has 21 heavy (non-hydrogen) atoms. The fraction of sp³-hybridized carbons (Fsp3) is 0.235. The van der Waals surface area contributed by atoms with Crippen molar-refractivity contribution in [2.45, 2.75) is 19.1 Å². The van der Waals surface area contributed by atoms with Gasteiger partial charge in [0.25, 0.3) is 0 Å². The molecule has 0 bridgehead atoms. The number of hydrogen-bond acceptors (Lipinski definition) is 4. The summed E-state index contributed by atoms with van der Waals surface area (Å²) in [7, 11) is 1.36. The van der Waals surface area contributed by atoms with Crippen molar-refractivity contribution >= 4 is 5.97 Å². The van der Waals surface area contributed by atoms with Crippen molar-refractivity contribution < 1.29 is 14.3 Å². The Hall–Kier alpha value is -2.33. The first kappa shape index (κ1) is 15.1. The predicted molar refractivity (Wildman–Crippen MR) is 80.8 cm³/mol. The van der Waals surface area contributed by atoms with Crippen LogP contribution >= 0.6 is 0 Å². The molecule has 0 heterocycles. The molecule has 0 aliphatic rings. The van der Waals surface area contributed by atoms with Crippen molar-refractivity contribution in [1.82, 2.24) is 0 Å². The topological polar surface area (TPSA) is 61.5 Å². The monoisotopic (exact) mass is 285 g/mol. The van der Waals surface area contributed by atoms with E-state index in [0.717, 1.165) is 16.9 Å². The standard InChI is InChI=1S/C17H19NO3/c1-20-17(19)11-16(18)14-8-5-9-15(10-14)21-12-13-6-3-2-4-7-13/h2-10,16H,11-12,18H2,1H3. The SMILES string of the molecule is COC(=O)CC(N)c1cccc(OCc2ccccc2)c1. The Morgan fingerprint density at radius 3 is 2.62 bits per heavy atom. The van der Waals surface area contributed by atoms with Crippen LogP contribution in [0.2, 0.25) is 0 Å². The second-order valence-corrected chi connectivity index (χ2v) is 4.73. The Kier molecular flexibility index (Phi) is 5.35. The van der Waals surface area contributed by atoms with Gasteiger partial charge in [0.2, 0.25) is 0 Å². The van der Waals surface area contributed by atoms with Crippen molar-refractivity contribution in [1.29, 1.82) is 0 Å². The summed E-state index contributed by atoms with van der Waals surface area (Å²) in [6.07, 6.45) is 0.151. The fourth-order valence-electron chi connectivity index (χ4n) is 1.96. The molecule has 0 saturated heterocycles. The summed E-state index contributed by atoms with van der Waals surface area (Å²) < 4.78 is 10.4. The van der Waals surface area contributed by atoms with E-state index < -0.39 is 6.04 Å². The van der Waals surface area contributed by atoms with Gasteiger partial charge in [-0.3, -0.25) is 4.79 Å². The van der Waals surface area contributed by atoms with Gasteiger partial charge in [0.05, 0.1) is 13.5 Å². The third-order valence-corrected chi connectivity index (χ3v) is 3.15. The normalized spacial score (nSPS) is 11.7. The molecule has 0 amide bonds. The first-order valence-electron chi connectivity index (χ1n) is 6.78. The number of carbonyl (C=O) groups excluding carboxylic acids is 1. The Balaban J connectivity index is 1.99. The molecule has 2 aromatic rings. The van der Waals surface area contributed by atoms with Gasteiger partial charge < -0.3 is 15.2 Å². The van der Waals surface area contributed by atoms with Crippen LogP contribution in [0.5, 0.6) is 5.75 Å². The van der Waals surface area contributed by atoms with E-state index in [1.807, 2.05) is 54.6 Å². The number of hydrogen-bond donors (Lipinski definition) is 1. The van der Waals surface area contributed by atoms with Gasteiger partial charge >= 0.3 is 5.97 Å². The number of nitrogens with two attached hydrogens (primary N) is 1. The van der Waals surface area contributed by atoms with Gasteiger partial charge in [-0.05, 0) is 23.3 Å². The summed E-state index contributed by atoms with van der Waals surface area (Å²) in [6.45, 7) is 0.497. The number of benzene rings is 2. The molecule has 0 aliphatic carbocycles. The highest BCUT2D eigenvalue weighted by Crippen LogP contribution is 2.21. The van der Waals surface area contributed by atoms with E-state index >= 15 is 0 Å². The van der Waals surface area contributed by atoms with Crippen molar-refractivity contribution in [2.75, 3.05) is 7.11 Å². The molecule has 110 valence electrons. The highest BCUT2D eigenvalue weighted by atomic mass is 16.5. The van der Waals surface area contributed by atoms with Crippen LogP contribution in [0.1, 0.15) is 23.6 Å². The number of esters is 1. The molecule has 2 N–H and O–H groups in total. The lowest BCUT2D eigenvalue weighted by atomic mass is 10.0. The average Bonchev–Trinajstić information content (AvgIpc) is 2.54. The molecule has 0 spiro atoms. The van der Waals surface area contributed by atoms with Gasteiger partial charge in [0, 0.05) is 6.04 Å². The van der Waals surface area contributed by atoms with Crippen LogP contribution in [0, 0.1) is 0 Å². The van der Waals surface area contributed by atoms with Gasteiger partial charge in [0.1, 0.15) is 12.4 Å². The van der Waals surface area contributed by atoms with Crippen LogP contribution in [0.4, 0.5) is 0 Å². The Morgan fingerprint density at radius 2 is 1.90 bits per heavy atom. The number of carbonyl (C=O) groups is 1. The minimum absolute atomic E-state index is 0.151. The third kappa shape index (κ3) is 4.61. The number of rotatable bonds is 6. The second kappa shape index (κ2) is 7.45. The maximum absolute atomic E-state index is 11.3. The molecule has 0 saturated carbocycles. The first-order valence-corrected chi connectivity index (χ1v) is 6.78. The van der Waals surface area contributed by atoms with E-state index in [2.05, 4.69) is 4.74 Å². The number of methoxy groups -OCH3 is 1. The van der Waals surface area contributed by atoms with Crippen molar-refractivity contribution in [3.8, 4) is 5.75 Å². The van der Waals surface area contributed by atoms with Gasteiger partial charge in [-0.25, -0.2) is 0 Å². The van der Waals surface area contributed by atoms with E-state index in [9.17, 15) is 4.79 Å². The van der Waals surface area contributed by atoms with Crippen molar-refractivity contribution in [3.05, 3.63) is 65.7 Å². The highest BCUT2D eigenvalue weighted by Gasteiger charge is 2.12. The Morgan fingerprint density at radius 1 is 1.14 bits per heavy atom. The molecule has 1 unspecified atom stereocenters. The van der Waals surface area contributed by atoms with Crippen molar-refractivity contribution in [3.63, 3.8) is 0 Å². The maximum Gasteiger partial charge on any atom is 0.307 e. The largest absolute Gasteiger partial charge is 0.489 e. The molecule has 0 aromatic heterocycles. The van der Waals surface area contributed by atoms with Gasteiger partial charge in [-0.2, -0.15) is 0 Å². The first-order chi connectivity index (χ1) is 10.2. The molecule has 0 radical (unpaired) electrons. The molecular formula is C17H19NO3. The van der Waals surface area contributed by atoms with Crippen LogP contribution < -0.4 is 10.5 Å². The van der Waals surface area contributed by atoms with Gasteiger partial charge in [0.15, 0.2) is 0 Å². The zero-order chi connectivity index (χ0) is 15.1. The lowest BCUT2D eigenvalue weighted by Crippen LogP contribution is -2.16. The van der Waals surface area contributed by atoms with Gasteiger partial charge in [-0.1, -0.05) is 42.5 Å². The summed E-state index contributed by atoms with van der Waals surface area (Å²) in [6, 6.07) is 17.0. The zero-order valence-corrected chi connectivity index (χ0v) is 12.0. The quantitative estimate of drug-likeness (QED) is 0.829. The van der Waals surface area contributed by atoms with Gasteiger partial charge in [-0.15, -0.1) is 0 Å². The highest BCUT2D eigenvalue weighted by molar-refractivity contribution is 5.70. The Labute approximate surface area is 124 Å². The molecule has 4 heteroatoms. The van der Waals surface area contributed by atoms with E-state index in [1.54, 1.807) is 0 Å². The lowest BCUT2D eigenvalue weighted by Gasteiger charge is -2.13. The summed E-state index contributed by atoms with van der Waals surface area (Å²) in [5.41, 5.74) is 7.94. The maximum atomic E-state index is 11.3. The minimum atomic E-state index is -0.391. The van der Waals surface area contributed by atoms with E-state index in [0.29, 0.717) is 6.61 Å². The molecule has 4 nitrogen and oxygen atoms in total. The second-order valence-electron chi connectivity index (χ2n) is 4.73. The molecule has 0 fully saturated rings. The Bertz CT molecular complexity index is 584. The van der Waals surface area contributed by atoms with Crippen molar-refractivity contribution in [2.24, 2.45) is 5.73 Å². The average molecular weight is 285 g/mol. The van der Waals surface area contributed by atoms with Crippen LogP contribution in [-0.2, 0) is 16.1 Å². The van der Waals surface area contributed by atoms with Crippen LogP contribution in [0.25, 0.3) is 0 Å². The summed E-state index contributed by atoms with van der Waals surface area (Å²) in [4.78, 5) is 11.3. The minimum Gasteiger partial charge on any atom is -0.489 e. The van der Waals surface area contributed by atoms with Crippen LogP contribution in [0.3, 0.4) is 0 Å². The summed E-state index contributed by atoms with van der Waals surface area (Å²) in [5, 5.41) is 0. The summed E-state index contributed by atoms with van der Waals surface area (Å²) >= 11 is 0. The third-order valence-electron chi connectivity index (χ3n) is 3.15. The fourth-order valence-corrected chi connectivity index (χ4v) is 1.96. The van der Waals surface area contributed by atoms with E-state index in [-0.39, 0.29) is 12.4 Å². The van der Waals surface area contributed by atoms with E-state index in [1.165, 1.54) is 7.11 Å². The molecule has 2 aromatic carbocycles. The van der Waals surface area contributed by atoms with Crippen LogP contribution in [-0.4, -0.2) is 13.1 Å². The molecular weight excluding hydrogens is 266 g/mol. The zero-order valence-electron chi connectivity index (χ0n) is 12.0.